The van der Waals surface area contributed by atoms with Gasteiger partial charge >= 0.3 is 0 Å². The van der Waals surface area contributed by atoms with Crippen molar-refractivity contribution in [2.45, 2.75) is 32.3 Å². The van der Waals surface area contributed by atoms with E-state index in [9.17, 15) is 5.11 Å². The van der Waals surface area contributed by atoms with Crippen LogP contribution in [0.4, 0.5) is 17.5 Å². The van der Waals surface area contributed by atoms with E-state index in [2.05, 4.69) is 30.9 Å². The molecule has 8 nitrogen and oxygen atoms in total. The Morgan fingerprint density at radius 3 is 3.04 bits per heavy atom. The van der Waals surface area contributed by atoms with Gasteiger partial charge in [0, 0.05) is 17.6 Å². The fourth-order valence-corrected chi connectivity index (χ4v) is 3.94. The Morgan fingerprint density at radius 2 is 2.18 bits per heavy atom. The molecule has 5 rings (SSSR count). The molecule has 8 heteroatoms. The largest absolute Gasteiger partial charge is 0.393 e. The molecule has 0 bridgehead atoms. The molecule has 0 amide bonds. The van der Waals surface area contributed by atoms with Gasteiger partial charge in [-0.25, -0.2) is 0 Å². The van der Waals surface area contributed by atoms with Crippen molar-refractivity contribution in [1.29, 1.82) is 0 Å². The lowest BCUT2D eigenvalue weighted by atomic mass is 10.1. The quantitative estimate of drug-likeness (QED) is 0.426. The first-order valence-corrected chi connectivity index (χ1v) is 9.65. The molecular formula is C20H23N7O. The first-order chi connectivity index (χ1) is 13.7. The minimum atomic E-state index is -0.152. The second-order valence-corrected chi connectivity index (χ2v) is 7.52. The lowest BCUT2D eigenvalue weighted by molar-refractivity contribution is 0.178. The van der Waals surface area contributed by atoms with E-state index in [1.54, 1.807) is 0 Å². The van der Waals surface area contributed by atoms with Crippen molar-refractivity contribution >= 4 is 34.0 Å². The lowest BCUT2D eigenvalue weighted by Crippen LogP contribution is -2.14. The summed E-state index contributed by atoms with van der Waals surface area (Å²) in [5.41, 5.74) is 3.64. The number of anilines is 3. The van der Waals surface area contributed by atoms with Crippen LogP contribution in [0.5, 0.6) is 0 Å². The molecule has 0 spiro atoms. The van der Waals surface area contributed by atoms with Gasteiger partial charge in [-0.05, 0) is 62.4 Å². The number of rotatable bonds is 5. The van der Waals surface area contributed by atoms with E-state index in [0.29, 0.717) is 11.9 Å². The fraction of sp³-hybridized carbons (Fsp3) is 0.350. The number of nitrogens with one attached hydrogen (secondary N) is 3. The monoisotopic (exact) mass is 377 g/mol. The standard InChI is InChI=1S/C20H23N7O/c1-12-16-8-6-14(10-17(16)25-24-12)22-20-23-19-4-2-3-18(27(19)26-20)21-11-13-5-7-15(28)9-13/h2-4,6,8,10,13,15,21,28H,5,7,9,11H2,1H3,(H,22,26)(H,24,25)/t13-,15+/m0/s1. The number of aryl methyl sites for hydroxylation is 1. The number of aliphatic hydroxyl groups is 1. The Labute approximate surface area is 162 Å². The zero-order chi connectivity index (χ0) is 19.1. The van der Waals surface area contributed by atoms with Crippen molar-refractivity contribution in [3.05, 3.63) is 42.1 Å². The van der Waals surface area contributed by atoms with Gasteiger partial charge < -0.3 is 15.7 Å². The summed E-state index contributed by atoms with van der Waals surface area (Å²) in [5.74, 6) is 1.94. The summed E-state index contributed by atoms with van der Waals surface area (Å²) in [5, 5.41) is 29.4. The van der Waals surface area contributed by atoms with Gasteiger partial charge in [-0.15, -0.1) is 5.10 Å². The van der Waals surface area contributed by atoms with Gasteiger partial charge in [0.25, 0.3) is 0 Å². The molecule has 144 valence electrons. The molecule has 1 aliphatic rings. The number of nitrogens with zero attached hydrogens (tertiary/aromatic N) is 4. The number of hydrogen-bond acceptors (Lipinski definition) is 6. The van der Waals surface area contributed by atoms with Crippen molar-refractivity contribution in [2.75, 3.05) is 17.2 Å². The second-order valence-electron chi connectivity index (χ2n) is 7.52. The molecule has 4 N–H and O–H groups in total. The molecule has 28 heavy (non-hydrogen) atoms. The maximum atomic E-state index is 9.71. The lowest BCUT2D eigenvalue weighted by Gasteiger charge is -2.12. The van der Waals surface area contributed by atoms with Crippen LogP contribution in [0.2, 0.25) is 0 Å². The summed E-state index contributed by atoms with van der Waals surface area (Å²) < 4.78 is 1.81. The number of aromatic nitrogens is 5. The zero-order valence-electron chi connectivity index (χ0n) is 15.7. The number of benzene rings is 1. The van der Waals surface area contributed by atoms with Crippen LogP contribution in [0.15, 0.2) is 36.4 Å². The van der Waals surface area contributed by atoms with Crippen LogP contribution in [-0.2, 0) is 0 Å². The van der Waals surface area contributed by atoms with E-state index in [1.807, 2.05) is 47.8 Å². The molecule has 0 radical (unpaired) electrons. The average molecular weight is 377 g/mol. The number of fused-ring (bicyclic) bond motifs is 2. The Hall–Kier alpha value is -3.13. The minimum Gasteiger partial charge on any atom is -0.393 e. The van der Waals surface area contributed by atoms with E-state index in [4.69, 9.17) is 0 Å². The summed E-state index contributed by atoms with van der Waals surface area (Å²) in [6, 6.07) is 11.9. The predicted octanol–water partition coefficient (Wildman–Crippen LogP) is 3.23. The van der Waals surface area contributed by atoms with Gasteiger partial charge in [0.2, 0.25) is 5.95 Å². The third kappa shape index (κ3) is 3.16. The maximum Gasteiger partial charge on any atom is 0.247 e. The molecular weight excluding hydrogens is 354 g/mol. The molecule has 1 aliphatic carbocycles. The zero-order valence-corrected chi connectivity index (χ0v) is 15.7. The van der Waals surface area contributed by atoms with Crippen LogP contribution < -0.4 is 10.6 Å². The highest BCUT2D eigenvalue weighted by Crippen LogP contribution is 2.26. The highest BCUT2D eigenvalue weighted by atomic mass is 16.3. The Morgan fingerprint density at radius 1 is 1.25 bits per heavy atom. The number of pyridine rings is 1. The van der Waals surface area contributed by atoms with Crippen molar-refractivity contribution in [2.24, 2.45) is 5.92 Å². The Balaban J connectivity index is 1.36. The number of H-pyrrole nitrogens is 1. The van der Waals surface area contributed by atoms with E-state index >= 15 is 0 Å². The second kappa shape index (κ2) is 6.79. The predicted molar refractivity (Wildman–Crippen MR) is 109 cm³/mol. The van der Waals surface area contributed by atoms with Crippen molar-refractivity contribution in [3.8, 4) is 0 Å². The third-order valence-corrected chi connectivity index (χ3v) is 5.45. The van der Waals surface area contributed by atoms with Crippen LogP contribution in [0.1, 0.15) is 25.0 Å². The molecule has 1 aromatic carbocycles. The molecule has 2 atom stereocenters. The molecule has 3 heterocycles. The molecule has 1 saturated carbocycles. The maximum absolute atomic E-state index is 9.71. The fourth-order valence-electron chi connectivity index (χ4n) is 3.94. The molecule has 0 unspecified atom stereocenters. The summed E-state index contributed by atoms with van der Waals surface area (Å²) in [7, 11) is 0. The first kappa shape index (κ1) is 17.0. The van der Waals surface area contributed by atoms with Crippen molar-refractivity contribution < 1.29 is 5.11 Å². The van der Waals surface area contributed by atoms with Crippen LogP contribution in [0, 0.1) is 12.8 Å². The van der Waals surface area contributed by atoms with Crippen LogP contribution in [0.3, 0.4) is 0 Å². The van der Waals surface area contributed by atoms with Crippen molar-refractivity contribution in [1.82, 2.24) is 24.8 Å². The molecule has 1 fully saturated rings. The van der Waals surface area contributed by atoms with Crippen molar-refractivity contribution in [3.63, 3.8) is 0 Å². The number of aromatic amines is 1. The molecule has 0 aliphatic heterocycles. The molecule has 4 aromatic rings. The number of aliphatic hydroxyl groups excluding tert-OH is 1. The summed E-state index contributed by atoms with van der Waals surface area (Å²) in [6.07, 6.45) is 2.67. The summed E-state index contributed by atoms with van der Waals surface area (Å²) >= 11 is 0. The van der Waals surface area contributed by atoms with E-state index in [1.165, 1.54) is 0 Å². The van der Waals surface area contributed by atoms with Gasteiger partial charge in [0.1, 0.15) is 5.82 Å². The highest BCUT2D eigenvalue weighted by Gasteiger charge is 2.22. The summed E-state index contributed by atoms with van der Waals surface area (Å²) in [6.45, 7) is 2.81. The average Bonchev–Trinajstić information content (AvgIpc) is 3.39. The number of hydrogen-bond donors (Lipinski definition) is 4. The van der Waals surface area contributed by atoms with Crippen LogP contribution in [0.25, 0.3) is 16.6 Å². The van der Waals surface area contributed by atoms with Gasteiger partial charge in [-0.2, -0.15) is 14.6 Å². The van der Waals surface area contributed by atoms with Crippen LogP contribution >= 0.6 is 0 Å². The smallest absolute Gasteiger partial charge is 0.247 e. The van der Waals surface area contributed by atoms with Gasteiger partial charge in [0.05, 0.1) is 17.3 Å². The minimum absolute atomic E-state index is 0.152. The van der Waals surface area contributed by atoms with Gasteiger partial charge in [-0.3, -0.25) is 5.10 Å². The van der Waals surface area contributed by atoms with Gasteiger partial charge in [0.15, 0.2) is 5.65 Å². The van der Waals surface area contributed by atoms with E-state index in [0.717, 1.165) is 59.6 Å². The Bertz CT molecular complexity index is 1130. The first-order valence-electron chi connectivity index (χ1n) is 9.65. The Kier molecular flexibility index (Phi) is 4.12. The topological polar surface area (TPSA) is 103 Å². The van der Waals surface area contributed by atoms with Gasteiger partial charge in [-0.1, -0.05) is 6.07 Å². The highest BCUT2D eigenvalue weighted by molar-refractivity contribution is 5.85. The van der Waals surface area contributed by atoms with E-state index < -0.39 is 0 Å². The molecule has 3 aromatic heterocycles. The summed E-state index contributed by atoms with van der Waals surface area (Å²) in [4.78, 5) is 4.58. The van der Waals surface area contributed by atoms with E-state index in [-0.39, 0.29) is 6.10 Å². The SMILES string of the molecule is Cc1n[nH]c2cc(Nc3nc4cccc(NC[C@H]5CC[C@@H](O)C5)n4n3)ccc12. The van der Waals surface area contributed by atoms with Crippen LogP contribution in [-0.4, -0.2) is 42.6 Å². The normalized spacial score (nSPS) is 19.5. The third-order valence-electron chi connectivity index (χ3n) is 5.45. The molecule has 0 saturated heterocycles.